The highest BCUT2D eigenvalue weighted by molar-refractivity contribution is 5.69. The lowest BCUT2D eigenvalue weighted by Crippen LogP contribution is -2.28. The van der Waals surface area contributed by atoms with Crippen LogP contribution in [0, 0.1) is 11.8 Å². The molecule has 0 heterocycles. The van der Waals surface area contributed by atoms with Crippen molar-refractivity contribution in [3.05, 3.63) is 29.8 Å². The molecule has 0 saturated heterocycles. The molecule has 1 rings (SSSR count). The van der Waals surface area contributed by atoms with Crippen molar-refractivity contribution in [1.29, 1.82) is 0 Å². The van der Waals surface area contributed by atoms with Gasteiger partial charge in [-0.15, -0.1) is 0 Å². The van der Waals surface area contributed by atoms with Crippen molar-refractivity contribution >= 4 is 5.97 Å². The molecule has 118 valence electrons. The fourth-order valence-corrected chi connectivity index (χ4v) is 2.03. The molecule has 1 unspecified atom stereocenters. The molecule has 1 atom stereocenters. The summed E-state index contributed by atoms with van der Waals surface area (Å²) in [6.07, 6.45) is 1.05. The lowest BCUT2D eigenvalue weighted by atomic mass is 10.1. The molecule has 0 spiro atoms. The number of ether oxygens (including phenoxy) is 1. The Balaban J connectivity index is 2.41. The van der Waals surface area contributed by atoms with Gasteiger partial charge in [0, 0.05) is 13.1 Å². The predicted octanol–water partition coefficient (Wildman–Crippen LogP) is 3.26. The van der Waals surface area contributed by atoms with E-state index < -0.39 is 5.97 Å². The number of hydrogen-bond donors (Lipinski definition) is 1. The maximum absolute atomic E-state index is 10.8. The zero-order valence-electron chi connectivity index (χ0n) is 13.5. The number of rotatable bonds is 9. The molecular weight excluding hydrogens is 266 g/mol. The van der Waals surface area contributed by atoms with Crippen LogP contribution in [-0.2, 0) is 11.3 Å². The van der Waals surface area contributed by atoms with Crippen LogP contribution in [0.5, 0.6) is 5.75 Å². The van der Waals surface area contributed by atoms with E-state index in [0.29, 0.717) is 12.5 Å². The largest absolute Gasteiger partial charge is 0.494 e. The SMILES string of the molecule is CC(C)CCOc1ccc(CN(C)CC(C)C(=O)O)cc1. The van der Waals surface area contributed by atoms with E-state index in [1.807, 2.05) is 36.2 Å². The van der Waals surface area contributed by atoms with Crippen LogP contribution < -0.4 is 4.74 Å². The summed E-state index contributed by atoms with van der Waals surface area (Å²) in [5, 5.41) is 8.91. The van der Waals surface area contributed by atoms with E-state index in [0.717, 1.165) is 30.9 Å². The van der Waals surface area contributed by atoms with Crippen LogP contribution in [0.4, 0.5) is 0 Å². The Kier molecular flexibility index (Phi) is 7.23. The summed E-state index contributed by atoms with van der Waals surface area (Å²) in [6.45, 7) is 8.12. The number of aliphatic carboxylic acids is 1. The third-order valence-corrected chi connectivity index (χ3v) is 3.35. The molecule has 0 radical (unpaired) electrons. The van der Waals surface area contributed by atoms with Gasteiger partial charge >= 0.3 is 5.97 Å². The number of hydrogen-bond acceptors (Lipinski definition) is 3. The van der Waals surface area contributed by atoms with Crippen molar-refractivity contribution in [1.82, 2.24) is 4.90 Å². The van der Waals surface area contributed by atoms with Gasteiger partial charge in [-0.25, -0.2) is 0 Å². The van der Waals surface area contributed by atoms with Crippen LogP contribution in [0.15, 0.2) is 24.3 Å². The summed E-state index contributed by atoms with van der Waals surface area (Å²) in [4.78, 5) is 12.9. The molecule has 0 aromatic heterocycles. The Bertz CT molecular complexity index is 428. The molecule has 1 aromatic rings. The van der Waals surface area contributed by atoms with Gasteiger partial charge in [0.1, 0.15) is 5.75 Å². The fraction of sp³-hybridized carbons (Fsp3) is 0.588. The van der Waals surface area contributed by atoms with Crippen molar-refractivity contribution in [2.24, 2.45) is 11.8 Å². The quantitative estimate of drug-likeness (QED) is 0.759. The summed E-state index contributed by atoms with van der Waals surface area (Å²) in [6, 6.07) is 8.02. The first-order valence-electron chi connectivity index (χ1n) is 7.51. The fourth-order valence-electron chi connectivity index (χ4n) is 2.03. The van der Waals surface area contributed by atoms with Crippen LogP contribution in [0.3, 0.4) is 0 Å². The molecule has 0 aliphatic carbocycles. The van der Waals surface area contributed by atoms with Gasteiger partial charge in [-0.1, -0.05) is 32.9 Å². The minimum absolute atomic E-state index is 0.353. The van der Waals surface area contributed by atoms with Crippen molar-refractivity contribution in [3.8, 4) is 5.75 Å². The number of benzene rings is 1. The molecule has 1 N–H and O–H groups in total. The molecule has 4 heteroatoms. The first-order chi connectivity index (χ1) is 9.88. The van der Waals surface area contributed by atoms with Crippen LogP contribution in [0.1, 0.15) is 32.8 Å². The molecule has 0 bridgehead atoms. The zero-order valence-corrected chi connectivity index (χ0v) is 13.5. The van der Waals surface area contributed by atoms with E-state index in [9.17, 15) is 4.79 Å². The summed E-state index contributed by atoms with van der Waals surface area (Å²) in [5.41, 5.74) is 1.16. The Labute approximate surface area is 127 Å². The Morgan fingerprint density at radius 2 is 1.86 bits per heavy atom. The highest BCUT2D eigenvalue weighted by Crippen LogP contribution is 2.15. The van der Waals surface area contributed by atoms with E-state index in [1.165, 1.54) is 0 Å². The average Bonchev–Trinajstić information content (AvgIpc) is 2.40. The van der Waals surface area contributed by atoms with Gasteiger partial charge in [0.2, 0.25) is 0 Å². The molecule has 0 saturated carbocycles. The molecule has 21 heavy (non-hydrogen) atoms. The zero-order chi connectivity index (χ0) is 15.8. The maximum Gasteiger partial charge on any atom is 0.307 e. The highest BCUT2D eigenvalue weighted by atomic mass is 16.5. The van der Waals surface area contributed by atoms with E-state index in [4.69, 9.17) is 9.84 Å². The standard InChI is InChI=1S/C17H27NO3/c1-13(2)9-10-21-16-7-5-15(6-8-16)12-18(4)11-14(3)17(19)20/h5-8,13-14H,9-12H2,1-4H3,(H,19,20). The summed E-state index contributed by atoms with van der Waals surface area (Å²) < 4.78 is 5.68. The summed E-state index contributed by atoms with van der Waals surface area (Å²) in [7, 11) is 1.94. The third-order valence-electron chi connectivity index (χ3n) is 3.35. The average molecular weight is 293 g/mol. The molecule has 0 amide bonds. The monoisotopic (exact) mass is 293 g/mol. The Morgan fingerprint density at radius 1 is 1.24 bits per heavy atom. The van der Waals surface area contributed by atoms with Crippen molar-refractivity contribution in [2.45, 2.75) is 33.7 Å². The van der Waals surface area contributed by atoms with Gasteiger partial charge in [-0.2, -0.15) is 0 Å². The maximum atomic E-state index is 10.8. The highest BCUT2D eigenvalue weighted by Gasteiger charge is 2.13. The van der Waals surface area contributed by atoms with Crippen LogP contribution in [0.2, 0.25) is 0 Å². The Hall–Kier alpha value is -1.55. The van der Waals surface area contributed by atoms with Gasteiger partial charge in [0.15, 0.2) is 0 Å². The molecular formula is C17H27NO3. The lowest BCUT2D eigenvalue weighted by Gasteiger charge is -2.19. The van der Waals surface area contributed by atoms with E-state index in [2.05, 4.69) is 13.8 Å². The Morgan fingerprint density at radius 3 is 2.38 bits per heavy atom. The second-order valence-corrected chi connectivity index (χ2v) is 6.11. The van der Waals surface area contributed by atoms with Crippen LogP contribution >= 0.6 is 0 Å². The van der Waals surface area contributed by atoms with E-state index >= 15 is 0 Å². The molecule has 0 aliphatic heterocycles. The van der Waals surface area contributed by atoms with E-state index in [-0.39, 0.29) is 5.92 Å². The smallest absolute Gasteiger partial charge is 0.307 e. The van der Waals surface area contributed by atoms with Gasteiger partial charge in [0.25, 0.3) is 0 Å². The van der Waals surface area contributed by atoms with Gasteiger partial charge < -0.3 is 14.7 Å². The molecule has 1 aromatic carbocycles. The first kappa shape index (κ1) is 17.5. The number of carboxylic acid groups (broad SMARTS) is 1. The van der Waals surface area contributed by atoms with E-state index in [1.54, 1.807) is 6.92 Å². The second kappa shape index (κ2) is 8.67. The predicted molar refractivity (Wildman–Crippen MR) is 84.5 cm³/mol. The minimum Gasteiger partial charge on any atom is -0.494 e. The van der Waals surface area contributed by atoms with Crippen molar-refractivity contribution in [2.75, 3.05) is 20.2 Å². The number of nitrogens with zero attached hydrogens (tertiary/aromatic N) is 1. The molecule has 0 aliphatic rings. The number of carbonyl (C=O) groups is 1. The summed E-state index contributed by atoms with van der Waals surface area (Å²) >= 11 is 0. The van der Waals surface area contributed by atoms with Gasteiger partial charge in [-0.3, -0.25) is 4.79 Å². The summed E-state index contributed by atoms with van der Waals surface area (Å²) in [5.74, 6) is 0.430. The van der Waals surface area contributed by atoms with Crippen molar-refractivity contribution < 1.29 is 14.6 Å². The minimum atomic E-state index is -0.754. The molecule has 0 fully saturated rings. The second-order valence-electron chi connectivity index (χ2n) is 6.11. The van der Waals surface area contributed by atoms with Crippen molar-refractivity contribution in [3.63, 3.8) is 0 Å². The first-order valence-corrected chi connectivity index (χ1v) is 7.51. The van der Waals surface area contributed by atoms with Crippen LogP contribution in [0.25, 0.3) is 0 Å². The molecule has 4 nitrogen and oxygen atoms in total. The normalized spacial score (nSPS) is 12.7. The van der Waals surface area contributed by atoms with Crippen LogP contribution in [-0.4, -0.2) is 36.2 Å². The van der Waals surface area contributed by atoms with Gasteiger partial charge in [0.05, 0.1) is 12.5 Å². The third kappa shape index (κ3) is 7.14. The lowest BCUT2D eigenvalue weighted by molar-refractivity contribution is -0.141. The van der Waals surface area contributed by atoms with Gasteiger partial charge in [-0.05, 0) is 37.1 Å². The topological polar surface area (TPSA) is 49.8 Å². The number of carboxylic acids is 1.